The van der Waals surface area contributed by atoms with Crippen molar-refractivity contribution < 1.29 is 9.53 Å². The molecule has 110 valence electrons. The Kier molecular flexibility index (Phi) is 5.12. The van der Waals surface area contributed by atoms with Crippen LogP contribution in [0.3, 0.4) is 0 Å². The Balaban J connectivity index is 1.93. The zero-order valence-corrected chi connectivity index (χ0v) is 12.7. The van der Waals surface area contributed by atoms with Crippen LogP contribution in [0.25, 0.3) is 0 Å². The number of hydrogen-bond donors (Lipinski definition) is 1. The van der Waals surface area contributed by atoms with Gasteiger partial charge >= 0.3 is 5.97 Å². The lowest BCUT2D eigenvalue weighted by atomic mass is 10.1. The molecule has 0 saturated carbocycles. The molecule has 0 radical (unpaired) electrons. The van der Waals surface area contributed by atoms with Crippen LogP contribution in [0, 0.1) is 6.92 Å². The molecule has 0 bridgehead atoms. The molecular formula is C18H21NO2. The van der Waals surface area contributed by atoms with Crippen LogP contribution in [0.15, 0.2) is 48.5 Å². The number of rotatable bonds is 5. The summed E-state index contributed by atoms with van der Waals surface area (Å²) in [6.45, 7) is 4.99. The zero-order chi connectivity index (χ0) is 15.2. The van der Waals surface area contributed by atoms with Crippen molar-refractivity contribution in [1.82, 2.24) is 5.32 Å². The van der Waals surface area contributed by atoms with Gasteiger partial charge in [-0.05, 0) is 37.1 Å². The van der Waals surface area contributed by atoms with E-state index in [9.17, 15) is 4.79 Å². The molecule has 0 spiro atoms. The van der Waals surface area contributed by atoms with Gasteiger partial charge in [0.05, 0.1) is 12.7 Å². The summed E-state index contributed by atoms with van der Waals surface area (Å²) in [5, 5.41) is 3.48. The number of nitrogens with one attached hydrogen (secondary N) is 1. The lowest BCUT2D eigenvalue weighted by Gasteiger charge is -2.14. The predicted octanol–water partition coefficient (Wildman–Crippen LogP) is 3.63. The van der Waals surface area contributed by atoms with Crippen molar-refractivity contribution in [2.45, 2.75) is 26.4 Å². The van der Waals surface area contributed by atoms with Crippen molar-refractivity contribution in [1.29, 1.82) is 0 Å². The largest absolute Gasteiger partial charge is 0.465 e. The second kappa shape index (κ2) is 7.04. The summed E-state index contributed by atoms with van der Waals surface area (Å²) in [5.74, 6) is -0.303. The number of ether oxygens (including phenoxy) is 1. The Labute approximate surface area is 126 Å². The maximum Gasteiger partial charge on any atom is 0.337 e. The quantitative estimate of drug-likeness (QED) is 0.852. The molecule has 0 aliphatic rings. The standard InChI is InChI=1S/C18H21NO2/c1-13-4-8-16(9-5-13)14(2)19-12-15-6-10-17(11-7-15)18(20)21-3/h4-11,14,19H,12H2,1-3H3/t14-/m1/s1. The van der Waals surface area contributed by atoms with Gasteiger partial charge in [0, 0.05) is 12.6 Å². The SMILES string of the molecule is COC(=O)c1ccc(CN[C@H](C)c2ccc(C)cc2)cc1. The van der Waals surface area contributed by atoms with Gasteiger partial charge in [-0.3, -0.25) is 0 Å². The molecule has 1 N–H and O–H groups in total. The summed E-state index contributed by atoms with van der Waals surface area (Å²) in [6.07, 6.45) is 0. The van der Waals surface area contributed by atoms with Crippen molar-refractivity contribution in [3.05, 3.63) is 70.8 Å². The van der Waals surface area contributed by atoms with E-state index in [-0.39, 0.29) is 12.0 Å². The molecule has 1 atom stereocenters. The van der Waals surface area contributed by atoms with Crippen molar-refractivity contribution in [3.63, 3.8) is 0 Å². The van der Waals surface area contributed by atoms with Crippen LogP contribution < -0.4 is 5.32 Å². The molecule has 0 heterocycles. The topological polar surface area (TPSA) is 38.3 Å². The molecule has 2 aromatic carbocycles. The minimum absolute atomic E-state index is 0.283. The van der Waals surface area contributed by atoms with Gasteiger partial charge in [-0.25, -0.2) is 4.79 Å². The number of aryl methyl sites for hydroxylation is 1. The molecule has 0 aliphatic carbocycles. The molecular weight excluding hydrogens is 262 g/mol. The molecule has 0 unspecified atom stereocenters. The van der Waals surface area contributed by atoms with Crippen molar-refractivity contribution in [3.8, 4) is 0 Å². The van der Waals surface area contributed by atoms with Crippen molar-refractivity contribution in [2.24, 2.45) is 0 Å². The maximum atomic E-state index is 11.4. The monoisotopic (exact) mass is 283 g/mol. The summed E-state index contributed by atoms with van der Waals surface area (Å²) in [5.41, 5.74) is 4.26. The fraction of sp³-hybridized carbons (Fsp3) is 0.278. The molecule has 3 heteroatoms. The van der Waals surface area contributed by atoms with E-state index in [1.54, 1.807) is 12.1 Å². The van der Waals surface area contributed by atoms with Gasteiger partial charge in [0.2, 0.25) is 0 Å². The van der Waals surface area contributed by atoms with Crippen LogP contribution in [0.5, 0.6) is 0 Å². The molecule has 0 aromatic heterocycles. The molecule has 21 heavy (non-hydrogen) atoms. The summed E-state index contributed by atoms with van der Waals surface area (Å²) < 4.78 is 4.69. The zero-order valence-electron chi connectivity index (χ0n) is 12.7. The smallest absolute Gasteiger partial charge is 0.337 e. The maximum absolute atomic E-state index is 11.4. The molecule has 3 nitrogen and oxygen atoms in total. The Morgan fingerprint density at radius 2 is 1.71 bits per heavy atom. The fourth-order valence-corrected chi connectivity index (χ4v) is 2.12. The number of benzene rings is 2. The number of carbonyl (C=O) groups is 1. The van der Waals surface area contributed by atoms with Crippen LogP contribution in [0.2, 0.25) is 0 Å². The number of carbonyl (C=O) groups excluding carboxylic acids is 1. The third-order valence-corrected chi connectivity index (χ3v) is 3.56. The molecule has 2 rings (SSSR count). The van der Waals surface area contributed by atoms with E-state index < -0.39 is 0 Å². The van der Waals surface area contributed by atoms with E-state index in [1.165, 1.54) is 18.2 Å². The van der Waals surface area contributed by atoms with Crippen LogP contribution in [0.1, 0.15) is 40.0 Å². The number of methoxy groups -OCH3 is 1. The molecule has 0 saturated heterocycles. The van der Waals surface area contributed by atoms with E-state index in [1.807, 2.05) is 12.1 Å². The fourth-order valence-electron chi connectivity index (χ4n) is 2.12. The van der Waals surface area contributed by atoms with Crippen LogP contribution in [-0.4, -0.2) is 13.1 Å². The van der Waals surface area contributed by atoms with Gasteiger partial charge in [0.1, 0.15) is 0 Å². The highest BCUT2D eigenvalue weighted by Gasteiger charge is 2.06. The van der Waals surface area contributed by atoms with Crippen molar-refractivity contribution >= 4 is 5.97 Å². The average Bonchev–Trinajstić information content (AvgIpc) is 2.53. The second-order valence-corrected chi connectivity index (χ2v) is 5.20. The Morgan fingerprint density at radius 3 is 2.29 bits per heavy atom. The van der Waals surface area contributed by atoms with E-state index in [0.717, 1.165) is 12.1 Å². The summed E-state index contributed by atoms with van der Waals surface area (Å²) in [4.78, 5) is 11.4. The van der Waals surface area contributed by atoms with Gasteiger partial charge in [-0.1, -0.05) is 42.0 Å². The lowest BCUT2D eigenvalue weighted by molar-refractivity contribution is 0.0600. The minimum atomic E-state index is -0.303. The third-order valence-electron chi connectivity index (χ3n) is 3.56. The van der Waals surface area contributed by atoms with Crippen LogP contribution in [0.4, 0.5) is 0 Å². The summed E-state index contributed by atoms with van der Waals surface area (Å²) in [6, 6.07) is 16.3. The molecule has 0 amide bonds. The number of esters is 1. The van der Waals surface area contributed by atoms with E-state index in [2.05, 4.69) is 48.2 Å². The highest BCUT2D eigenvalue weighted by molar-refractivity contribution is 5.89. The molecule has 2 aromatic rings. The van der Waals surface area contributed by atoms with Crippen LogP contribution >= 0.6 is 0 Å². The first-order valence-electron chi connectivity index (χ1n) is 7.07. The van der Waals surface area contributed by atoms with Gasteiger partial charge in [0.15, 0.2) is 0 Å². The minimum Gasteiger partial charge on any atom is -0.465 e. The second-order valence-electron chi connectivity index (χ2n) is 5.20. The van der Waals surface area contributed by atoms with Gasteiger partial charge in [-0.2, -0.15) is 0 Å². The molecule has 0 aliphatic heterocycles. The highest BCUT2D eigenvalue weighted by atomic mass is 16.5. The Hall–Kier alpha value is -2.13. The first-order chi connectivity index (χ1) is 10.1. The third kappa shape index (κ3) is 4.17. The van der Waals surface area contributed by atoms with E-state index in [4.69, 9.17) is 0 Å². The Morgan fingerprint density at radius 1 is 1.10 bits per heavy atom. The summed E-state index contributed by atoms with van der Waals surface area (Å²) in [7, 11) is 1.39. The van der Waals surface area contributed by atoms with Gasteiger partial charge in [0.25, 0.3) is 0 Å². The van der Waals surface area contributed by atoms with Crippen LogP contribution in [-0.2, 0) is 11.3 Å². The number of hydrogen-bond acceptors (Lipinski definition) is 3. The highest BCUT2D eigenvalue weighted by Crippen LogP contribution is 2.14. The summed E-state index contributed by atoms with van der Waals surface area (Å²) >= 11 is 0. The predicted molar refractivity (Wildman–Crippen MR) is 84.2 cm³/mol. The normalized spacial score (nSPS) is 12.0. The van der Waals surface area contributed by atoms with Gasteiger partial charge in [-0.15, -0.1) is 0 Å². The van der Waals surface area contributed by atoms with E-state index in [0.29, 0.717) is 5.56 Å². The first kappa shape index (κ1) is 15.3. The molecule has 0 fully saturated rings. The van der Waals surface area contributed by atoms with Gasteiger partial charge < -0.3 is 10.1 Å². The first-order valence-corrected chi connectivity index (χ1v) is 7.07. The van der Waals surface area contributed by atoms with Crippen molar-refractivity contribution in [2.75, 3.05) is 7.11 Å². The lowest BCUT2D eigenvalue weighted by Crippen LogP contribution is -2.18. The van der Waals surface area contributed by atoms with E-state index >= 15 is 0 Å². The average molecular weight is 283 g/mol. The Bertz CT molecular complexity index is 588.